The van der Waals surface area contributed by atoms with Gasteiger partial charge in [0.1, 0.15) is 11.5 Å². The van der Waals surface area contributed by atoms with Gasteiger partial charge in [-0.2, -0.15) is 0 Å². The highest BCUT2D eigenvalue weighted by molar-refractivity contribution is 5.79. The van der Waals surface area contributed by atoms with Crippen LogP contribution in [0.15, 0.2) is 41.1 Å². The van der Waals surface area contributed by atoms with Gasteiger partial charge in [-0.15, -0.1) is 0 Å². The number of aryl methyl sites for hydroxylation is 1. The Bertz CT molecular complexity index is 790. The first kappa shape index (κ1) is 19.1. The summed E-state index contributed by atoms with van der Waals surface area (Å²) < 4.78 is 5.76. The SMILES string of the molecule is CC(=O)N[C@H]1CN(C(=O)CN(C)Cc2ccncc2)C[C@@H]1c1ccc(C)o1. The highest BCUT2D eigenvalue weighted by Gasteiger charge is 2.38. The molecule has 2 aromatic rings. The van der Waals surface area contributed by atoms with Crippen molar-refractivity contribution in [2.24, 2.45) is 0 Å². The summed E-state index contributed by atoms with van der Waals surface area (Å²) in [6, 6.07) is 7.59. The van der Waals surface area contributed by atoms with Gasteiger partial charge in [-0.05, 0) is 43.8 Å². The third-order valence-corrected chi connectivity index (χ3v) is 4.79. The van der Waals surface area contributed by atoms with E-state index in [1.807, 2.05) is 48.0 Å². The zero-order chi connectivity index (χ0) is 19.4. The number of furan rings is 1. The van der Waals surface area contributed by atoms with E-state index < -0.39 is 0 Å². The molecule has 0 bridgehead atoms. The number of likely N-dealkylation sites (N-methyl/N-ethyl adjacent to an activating group) is 1. The molecule has 2 amide bonds. The number of nitrogens with one attached hydrogen (secondary N) is 1. The molecule has 3 heterocycles. The summed E-state index contributed by atoms with van der Waals surface area (Å²) in [6.45, 7) is 5.42. The summed E-state index contributed by atoms with van der Waals surface area (Å²) in [7, 11) is 1.92. The molecule has 0 saturated carbocycles. The summed E-state index contributed by atoms with van der Waals surface area (Å²) in [5.74, 6) is 1.56. The Morgan fingerprint density at radius 2 is 2.00 bits per heavy atom. The van der Waals surface area contributed by atoms with Crippen molar-refractivity contribution in [3.8, 4) is 0 Å². The van der Waals surface area contributed by atoms with Gasteiger partial charge >= 0.3 is 0 Å². The van der Waals surface area contributed by atoms with Gasteiger partial charge in [-0.1, -0.05) is 0 Å². The highest BCUT2D eigenvalue weighted by atomic mass is 16.3. The molecule has 7 nitrogen and oxygen atoms in total. The van der Waals surface area contributed by atoms with E-state index >= 15 is 0 Å². The highest BCUT2D eigenvalue weighted by Crippen LogP contribution is 2.29. The Labute approximate surface area is 159 Å². The number of hydrogen-bond acceptors (Lipinski definition) is 5. The Morgan fingerprint density at radius 3 is 2.63 bits per heavy atom. The average molecular weight is 370 g/mol. The predicted molar refractivity (Wildman–Crippen MR) is 101 cm³/mol. The average Bonchev–Trinajstić information content (AvgIpc) is 3.21. The minimum Gasteiger partial charge on any atom is -0.466 e. The normalized spacial score (nSPS) is 19.5. The maximum atomic E-state index is 12.8. The van der Waals surface area contributed by atoms with Gasteiger partial charge in [0.05, 0.1) is 18.5 Å². The molecule has 0 aliphatic carbocycles. The molecule has 1 saturated heterocycles. The lowest BCUT2D eigenvalue weighted by Gasteiger charge is -2.21. The zero-order valence-electron chi connectivity index (χ0n) is 16.0. The van der Waals surface area contributed by atoms with E-state index in [1.165, 1.54) is 6.92 Å². The topological polar surface area (TPSA) is 78.7 Å². The van der Waals surface area contributed by atoms with Gasteiger partial charge in [-0.25, -0.2) is 0 Å². The van der Waals surface area contributed by atoms with Gasteiger partial charge < -0.3 is 14.6 Å². The van der Waals surface area contributed by atoms with Crippen molar-refractivity contribution in [1.82, 2.24) is 20.1 Å². The van der Waals surface area contributed by atoms with Gasteiger partial charge in [0.2, 0.25) is 11.8 Å². The van der Waals surface area contributed by atoms with E-state index in [2.05, 4.69) is 10.3 Å². The molecule has 1 aliphatic rings. The lowest BCUT2D eigenvalue weighted by molar-refractivity contribution is -0.131. The second-order valence-electron chi connectivity index (χ2n) is 7.19. The number of hydrogen-bond donors (Lipinski definition) is 1. The molecule has 0 radical (unpaired) electrons. The molecule has 7 heteroatoms. The van der Waals surface area contributed by atoms with Crippen LogP contribution in [-0.4, -0.2) is 59.3 Å². The zero-order valence-corrected chi connectivity index (χ0v) is 16.0. The second-order valence-corrected chi connectivity index (χ2v) is 7.19. The fourth-order valence-electron chi connectivity index (χ4n) is 3.54. The quantitative estimate of drug-likeness (QED) is 0.835. The fraction of sp³-hybridized carbons (Fsp3) is 0.450. The van der Waals surface area contributed by atoms with Crippen molar-refractivity contribution in [3.63, 3.8) is 0 Å². The first-order valence-electron chi connectivity index (χ1n) is 9.11. The molecular formula is C20H26N4O3. The molecule has 3 rings (SSSR count). The molecule has 0 spiro atoms. The van der Waals surface area contributed by atoms with Crippen LogP contribution in [0.5, 0.6) is 0 Å². The first-order valence-corrected chi connectivity index (χ1v) is 9.11. The van der Waals surface area contributed by atoms with E-state index in [-0.39, 0.29) is 23.8 Å². The molecule has 2 atom stereocenters. The number of carbonyl (C=O) groups excluding carboxylic acids is 2. The van der Waals surface area contributed by atoms with Crippen molar-refractivity contribution < 1.29 is 14.0 Å². The van der Waals surface area contributed by atoms with Crippen molar-refractivity contribution in [1.29, 1.82) is 0 Å². The van der Waals surface area contributed by atoms with E-state index in [4.69, 9.17) is 4.42 Å². The number of carbonyl (C=O) groups is 2. The van der Waals surface area contributed by atoms with Crippen LogP contribution >= 0.6 is 0 Å². The summed E-state index contributed by atoms with van der Waals surface area (Å²) in [5.41, 5.74) is 1.11. The van der Waals surface area contributed by atoms with Gasteiger partial charge in [0, 0.05) is 39.0 Å². The molecule has 1 fully saturated rings. The Hall–Kier alpha value is -2.67. The summed E-state index contributed by atoms with van der Waals surface area (Å²) in [6.07, 6.45) is 3.50. The molecule has 1 N–H and O–H groups in total. The fourth-order valence-corrected chi connectivity index (χ4v) is 3.54. The van der Waals surface area contributed by atoms with Crippen LogP contribution in [0.1, 0.15) is 29.9 Å². The van der Waals surface area contributed by atoms with Crippen LogP contribution in [0.4, 0.5) is 0 Å². The molecule has 144 valence electrons. The lowest BCUT2D eigenvalue weighted by Crippen LogP contribution is -2.41. The third kappa shape index (κ3) is 4.95. The maximum absolute atomic E-state index is 12.8. The summed E-state index contributed by atoms with van der Waals surface area (Å²) in [4.78, 5) is 32.2. The first-order chi connectivity index (χ1) is 12.9. The van der Waals surface area contributed by atoms with Crippen LogP contribution in [0.25, 0.3) is 0 Å². The van der Waals surface area contributed by atoms with Gasteiger partial charge in [0.25, 0.3) is 0 Å². The van der Waals surface area contributed by atoms with Crippen molar-refractivity contribution >= 4 is 11.8 Å². The molecule has 0 aromatic carbocycles. The van der Waals surface area contributed by atoms with E-state index in [9.17, 15) is 9.59 Å². The number of aromatic nitrogens is 1. The minimum absolute atomic E-state index is 0.0305. The lowest BCUT2D eigenvalue weighted by atomic mass is 10.0. The van der Waals surface area contributed by atoms with Crippen molar-refractivity contribution in [3.05, 3.63) is 53.7 Å². The molecular weight excluding hydrogens is 344 g/mol. The van der Waals surface area contributed by atoms with Crippen LogP contribution in [0.2, 0.25) is 0 Å². The van der Waals surface area contributed by atoms with E-state index in [1.54, 1.807) is 12.4 Å². The Morgan fingerprint density at radius 1 is 1.26 bits per heavy atom. The van der Waals surface area contributed by atoms with Gasteiger partial charge in [-0.3, -0.25) is 19.5 Å². The monoisotopic (exact) mass is 370 g/mol. The van der Waals surface area contributed by atoms with E-state index in [0.717, 1.165) is 17.1 Å². The van der Waals surface area contributed by atoms with E-state index in [0.29, 0.717) is 26.2 Å². The summed E-state index contributed by atoms with van der Waals surface area (Å²) in [5, 5.41) is 2.96. The Kier molecular flexibility index (Phi) is 5.91. The number of nitrogens with zero attached hydrogens (tertiary/aromatic N) is 3. The standard InChI is InChI=1S/C20H26N4O3/c1-14-4-5-19(27-14)17-11-24(12-18(17)22-15(2)25)20(26)13-23(3)10-16-6-8-21-9-7-16/h4-9,17-18H,10-13H2,1-3H3,(H,22,25)/t17-,18-/m0/s1. The Balaban J connectivity index is 1.63. The summed E-state index contributed by atoms with van der Waals surface area (Å²) >= 11 is 0. The van der Waals surface area contributed by atoms with Crippen molar-refractivity contribution in [2.75, 3.05) is 26.7 Å². The molecule has 27 heavy (non-hydrogen) atoms. The van der Waals surface area contributed by atoms with Crippen LogP contribution in [0.3, 0.4) is 0 Å². The predicted octanol–water partition coefficient (Wildman–Crippen LogP) is 1.55. The van der Waals surface area contributed by atoms with Crippen LogP contribution in [-0.2, 0) is 16.1 Å². The number of pyridine rings is 1. The molecule has 2 aromatic heterocycles. The molecule has 0 unspecified atom stereocenters. The van der Waals surface area contributed by atoms with Crippen LogP contribution < -0.4 is 5.32 Å². The third-order valence-electron chi connectivity index (χ3n) is 4.79. The maximum Gasteiger partial charge on any atom is 0.236 e. The molecule has 1 aliphatic heterocycles. The number of amides is 2. The minimum atomic E-state index is -0.137. The van der Waals surface area contributed by atoms with Gasteiger partial charge in [0.15, 0.2) is 0 Å². The van der Waals surface area contributed by atoms with Crippen LogP contribution in [0, 0.1) is 6.92 Å². The number of rotatable bonds is 6. The second kappa shape index (κ2) is 8.35. The number of likely N-dealkylation sites (tertiary alicyclic amines) is 1. The smallest absolute Gasteiger partial charge is 0.236 e. The van der Waals surface area contributed by atoms with Crippen molar-refractivity contribution in [2.45, 2.75) is 32.4 Å². The largest absolute Gasteiger partial charge is 0.466 e.